The van der Waals surface area contributed by atoms with E-state index in [-0.39, 0.29) is 5.91 Å². The molecule has 0 aliphatic carbocycles. The zero-order valence-corrected chi connectivity index (χ0v) is 20.5. The predicted octanol–water partition coefficient (Wildman–Crippen LogP) is 4.91. The van der Waals surface area contributed by atoms with E-state index < -0.39 is 18.1 Å². The molecule has 9 heteroatoms. The Morgan fingerprint density at radius 1 is 1.09 bits per heavy atom. The lowest BCUT2D eigenvalue weighted by molar-refractivity contribution is -0.130. The Kier molecular flexibility index (Phi) is 6.36. The van der Waals surface area contributed by atoms with E-state index in [1.54, 1.807) is 22.6 Å². The van der Waals surface area contributed by atoms with Crippen LogP contribution in [0.3, 0.4) is 0 Å². The molecular weight excluding hydrogens is 513 g/mol. The second kappa shape index (κ2) is 9.59. The largest absolute Gasteiger partial charge is 0.399 e. The van der Waals surface area contributed by atoms with Crippen LogP contribution in [0.25, 0.3) is 17.1 Å². The minimum Gasteiger partial charge on any atom is -0.399 e. The lowest BCUT2D eigenvalue weighted by Crippen LogP contribution is -2.32. The molecule has 35 heavy (non-hydrogen) atoms. The van der Waals surface area contributed by atoms with Gasteiger partial charge in [-0.2, -0.15) is 5.10 Å². The molecule has 0 saturated carbocycles. The van der Waals surface area contributed by atoms with Gasteiger partial charge in [-0.05, 0) is 67.4 Å². The summed E-state index contributed by atoms with van der Waals surface area (Å²) >= 11 is 3.45. The second-order valence-corrected chi connectivity index (χ2v) is 9.29. The van der Waals surface area contributed by atoms with Crippen LogP contribution in [0.1, 0.15) is 24.3 Å². The van der Waals surface area contributed by atoms with Crippen LogP contribution in [0.4, 0.5) is 10.1 Å². The molecule has 178 valence electrons. The number of hydrogen-bond acceptors (Lipinski definition) is 5. The first-order valence-corrected chi connectivity index (χ1v) is 12.0. The van der Waals surface area contributed by atoms with E-state index in [1.165, 1.54) is 6.07 Å². The normalized spacial score (nSPS) is 17.8. The average Bonchev–Trinajstić information content (AvgIpc) is 3.41. The molecule has 1 saturated heterocycles. The van der Waals surface area contributed by atoms with Gasteiger partial charge in [0.2, 0.25) is 0 Å². The number of carbonyl (C=O) groups is 1. The molecule has 0 unspecified atom stereocenters. The monoisotopic (exact) mass is 535 g/mol. The lowest BCUT2D eigenvalue weighted by Gasteiger charge is -2.23. The summed E-state index contributed by atoms with van der Waals surface area (Å²) in [5.41, 5.74) is 10.1. The fourth-order valence-corrected chi connectivity index (χ4v) is 4.35. The van der Waals surface area contributed by atoms with Crippen molar-refractivity contribution in [1.82, 2.24) is 19.7 Å². The zero-order chi connectivity index (χ0) is 24.5. The number of benzene rings is 2. The highest BCUT2D eigenvalue weighted by molar-refractivity contribution is 9.10. The molecule has 1 fully saturated rings. The number of aromatic nitrogens is 3. The molecule has 3 heterocycles. The fourth-order valence-electron chi connectivity index (χ4n) is 4.09. The van der Waals surface area contributed by atoms with Crippen LogP contribution >= 0.6 is 15.9 Å². The second-order valence-electron chi connectivity index (χ2n) is 8.37. The van der Waals surface area contributed by atoms with Gasteiger partial charge in [0.1, 0.15) is 17.6 Å². The lowest BCUT2D eigenvalue weighted by atomic mass is 10.1. The van der Waals surface area contributed by atoms with Crippen LogP contribution in [0.2, 0.25) is 0 Å². The molecule has 4 aromatic rings. The van der Waals surface area contributed by atoms with Crippen molar-refractivity contribution >= 4 is 27.5 Å². The summed E-state index contributed by atoms with van der Waals surface area (Å²) in [7, 11) is 0. The molecule has 0 spiro atoms. The van der Waals surface area contributed by atoms with Crippen LogP contribution in [0.15, 0.2) is 77.5 Å². The van der Waals surface area contributed by atoms with Crippen molar-refractivity contribution in [2.24, 2.45) is 0 Å². The van der Waals surface area contributed by atoms with Gasteiger partial charge in [-0.1, -0.05) is 28.1 Å². The summed E-state index contributed by atoms with van der Waals surface area (Å²) in [6.07, 6.45) is 2.38. The van der Waals surface area contributed by atoms with Crippen molar-refractivity contribution in [3.8, 4) is 17.1 Å². The SMILES string of the molecule is C[C@H]1O[C@H](c2cn(-c3ccc(Br)cc3)nc2-c2ccc(F)cn2)N(CCc2ccc(N)cc2)C1=O. The van der Waals surface area contributed by atoms with Crippen molar-refractivity contribution in [1.29, 1.82) is 0 Å². The van der Waals surface area contributed by atoms with Gasteiger partial charge in [0.05, 0.1) is 17.6 Å². The topological polar surface area (TPSA) is 86.3 Å². The van der Waals surface area contributed by atoms with Crippen molar-refractivity contribution in [2.45, 2.75) is 25.7 Å². The summed E-state index contributed by atoms with van der Waals surface area (Å²) in [4.78, 5) is 19.0. The van der Waals surface area contributed by atoms with Gasteiger partial charge in [0, 0.05) is 28.5 Å². The third-order valence-electron chi connectivity index (χ3n) is 5.94. The van der Waals surface area contributed by atoms with Crippen molar-refractivity contribution < 1.29 is 13.9 Å². The van der Waals surface area contributed by atoms with Crippen LogP contribution in [-0.2, 0) is 16.0 Å². The van der Waals surface area contributed by atoms with E-state index in [0.717, 1.165) is 21.9 Å². The van der Waals surface area contributed by atoms with E-state index in [2.05, 4.69) is 20.9 Å². The number of halogens is 2. The molecule has 2 aromatic heterocycles. The van der Waals surface area contributed by atoms with E-state index in [9.17, 15) is 9.18 Å². The molecular formula is C26H23BrFN5O2. The standard InChI is InChI=1S/C26H23BrFN5O2/c1-16-25(34)32(13-12-17-2-7-20(29)8-3-17)26(35-16)22-15-33(21-9-4-18(27)5-10-21)31-24(22)23-11-6-19(28)14-30-23/h2-11,14-16,26H,12-13,29H2,1H3/t16-,26-/m1/s1. The number of hydrogen-bond donors (Lipinski definition) is 1. The van der Waals surface area contributed by atoms with Crippen molar-refractivity contribution in [3.63, 3.8) is 0 Å². The minimum absolute atomic E-state index is 0.0974. The van der Waals surface area contributed by atoms with Crippen LogP contribution in [0.5, 0.6) is 0 Å². The highest BCUT2D eigenvalue weighted by atomic mass is 79.9. The summed E-state index contributed by atoms with van der Waals surface area (Å²) in [5.74, 6) is -0.534. The molecule has 2 N–H and O–H groups in total. The number of carbonyl (C=O) groups excluding carboxylic acids is 1. The van der Waals surface area contributed by atoms with Crippen molar-refractivity contribution in [2.75, 3.05) is 12.3 Å². The minimum atomic E-state index is -0.655. The third kappa shape index (κ3) is 4.82. The number of nitrogens with zero attached hydrogens (tertiary/aromatic N) is 4. The average molecular weight is 536 g/mol. The van der Waals surface area contributed by atoms with Gasteiger partial charge in [0.15, 0.2) is 6.23 Å². The molecule has 1 amide bonds. The first-order valence-electron chi connectivity index (χ1n) is 11.2. The maximum absolute atomic E-state index is 13.6. The van der Waals surface area contributed by atoms with E-state index in [4.69, 9.17) is 15.6 Å². The Balaban J connectivity index is 1.53. The molecule has 7 nitrogen and oxygen atoms in total. The number of nitrogen functional groups attached to an aromatic ring is 1. The van der Waals surface area contributed by atoms with Gasteiger partial charge in [-0.15, -0.1) is 0 Å². The molecule has 2 atom stereocenters. The quantitative estimate of drug-likeness (QED) is 0.354. The first kappa shape index (κ1) is 23.2. The summed E-state index contributed by atoms with van der Waals surface area (Å²) in [6.45, 7) is 2.20. The summed E-state index contributed by atoms with van der Waals surface area (Å²) in [5, 5.41) is 4.75. The number of pyridine rings is 1. The van der Waals surface area contributed by atoms with Gasteiger partial charge in [-0.25, -0.2) is 9.07 Å². The Morgan fingerprint density at radius 2 is 1.83 bits per heavy atom. The Labute approximate surface area is 210 Å². The van der Waals surface area contributed by atoms with Gasteiger partial charge in [-0.3, -0.25) is 9.78 Å². The third-order valence-corrected chi connectivity index (χ3v) is 6.47. The maximum Gasteiger partial charge on any atom is 0.253 e. The van der Waals surface area contributed by atoms with E-state index in [0.29, 0.717) is 35.6 Å². The van der Waals surface area contributed by atoms with Crippen molar-refractivity contribution in [3.05, 3.63) is 94.5 Å². The number of anilines is 1. The summed E-state index contributed by atoms with van der Waals surface area (Å²) in [6, 6.07) is 18.2. The van der Waals surface area contributed by atoms with Crippen LogP contribution < -0.4 is 5.73 Å². The van der Waals surface area contributed by atoms with Gasteiger partial charge in [0.25, 0.3) is 5.91 Å². The molecule has 0 radical (unpaired) electrons. The summed E-state index contributed by atoms with van der Waals surface area (Å²) < 4.78 is 22.4. The molecule has 0 bridgehead atoms. The van der Waals surface area contributed by atoms with Crippen LogP contribution in [-0.4, -0.2) is 38.2 Å². The smallest absolute Gasteiger partial charge is 0.253 e. The molecule has 2 aromatic carbocycles. The van der Waals surface area contributed by atoms with Gasteiger partial charge < -0.3 is 15.4 Å². The highest BCUT2D eigenvalue weighted by Crippen LogP contribution is 2.37. The number of amides is 1. The fraction of sp³-hybridized carbons (Fsp3) is 0.192. The first-order chi connectivity index (χ1) is 16.9. The molecule has 1 aliphatic heterocycles. The van der Waals surface area contributed by atoms with Crippen LogP contribution in [0, 0.1) is 5.82 Å². The number of ether oxygens (including phenoxy) is 1. The maximum atomic E-state index is 13.6. The molecule has 5 rings (SSSR count). The number of nitrogens with two attached hydrogens (primary N) is 1. The Hall–Kier alpha value is -3.56. The van der Waals surface area contributed by atoms with E-state index in [1.807, 2.05) is 54.7 Å². The zero-order valence-electron chi connectivity index (χ0n) is 18.9. The van der Waals surface area contributed by atoms with E-state index >= 15 is 0 Å². The van der Waals surface area contributed by atoms with Gasteiger partial charge >= 0.3 is 0 Å². The Morgan fingerprint density at radius 3 is 2.51 bits per heavy atom. The predicted molar refractivity (Wildman–Crippen MR) is 134 cm³/mol. The number of rotatable bonds is 6. The highest BCUT2D eigenvalue weighted by Gasteiger charge is 2.40. The molecule has 1 aliphatic rings. The Bertz CT molecular complexity index is 1340.